The lowest BCUT2D eigenvalue weighted by Gasteiger charge is -2.30. The van der Waals surface area contributed by atoms with Gasteiger partial charge < -0.3 is 4.90 Å². The minimum Gasteiger partial charge on any atom is -0.309 e. The van der Waals surface area contributed by atoms with Crippen molar-refractivity contribution in [1.82, 2.24) is 9.88 Å². The fraction of sp³-hybridized carbons (Fsp3) is 0.556. The number of hydrogen-bond acceptors (Lipinski definition) is 4. The maximum atomic E-state index is 12.9. The van der Waals surface area contributed by atoms with Gasteiger partial charge in [0.15, 0.2) is 5.13 Å². The van der Waals surface area contributed by atoms with Crippen LogP contribution in [0.3, 0.4) is 0 Å². The van der Waals surface area contributed by atoms with Crippen LogP contribution >= 0.6 is 35.3 Å². The van der Waals surface area contributed by atoms with Gasteiger partial charge in [0, 0.05) is 12.5 Å². The zero-order valence-corrected chi connectivity index (χ0v) is 17.3. The number of carbonyl (C=O) groups is 1. The summed E-state index contributed by atoms with van der Waals surface area (Å²) in [6.07, 6.45) is 4.11. The second-order valence-corrected chi connectivity index (χ2v) is 8.20. The lowest BCUT2D eigenvalue weighted by Crippen LogP contribution is -2.40. The number of amides is 1. The number of carbonyl (C=O) groups excluding carboxylic acids is 1. The van der Waals surface area contributed by atoms with E-state index in [1.54, 1.807) is 0 Å². The number of aromatic nitrogens is 1. The third kappa shape index (κ3) is 4.45. The molecule has 4 nitrogen and oxygen atoms in total. The van der Waals surface area contributed by atoms with Gasteiger partial charge in [-0.25, -0.2) is 4.98 Å². The van der Waals surface area contributed by atoms with Crippen molar-refractivity contribution in [3.63, 3.8) is 0 Å². The molecule has 1 aliphatic rings. The summed E-state index contributed by atoms with van der Waals surface area (Å²) in [5, 5.41) is 1.50. The van der Waals surface area contributed by atoms with Gasteiger partial charge in [0.2, 0.25) is 5.91 Å². The summed E-state index contributed by atoms with van der Waals surface area (Å²) in [6, 6.07) is 3.89. The summed E-state index contributed by atoms with van der Waals surface area (Å²) in [7, 11) is 4.11. The Morgan fingerprint density at radius 1 is 1.32 bits per heavy atom. The zero-order chi connectivity index (χ0) is 17.3. The molecule has 138 valence electrons. The van der Waals surface area contributed by atoms with E-state index in [2.05, 4.69) is 19.0 Å². The van der Waals surface area contributed by atoms with Crippen LogP contribution in [0.15, 0.2) is 12.1 Å². The summed E-state index contributed by atoms with van der Waals surface area (Å²) in [4.78, 5) is 21.7. The first-order valence-corrected chi connectivity index (χ1v) is 9.68. The molecule has 2 aromatic rings. The number of aryl methyl sites for hydroxylation is 1. The van der Waals surface area contributed by atoms with E-state index in [-0.39, 0.29) is 24.2 Å². The Kier molecular flexibility index (Phi) is 7.09. The quantitative estimate of drug-likeness (QED) is 0.699. The first kappa shape index (κ1) is 20.4. The second kappa shape index (κ2) is 8.67. The number of nitrogens with zero attached hydrogens (tertiary/aromatic N) is 3. The Morgan fingerprint density at radius 2 is 2.04 bits per heavy atom. The molecule has 1 amide bonds. The highest BCUT2D eigenvalue weighted by molar-refractivity contribution is 7.23. The van der Waals surface area contributed by atoms with E-state index in [4.69, 9.17) is 16.6 Å². The minimum atomic E-state index is 0. The van der Waals surface area contributed by atoms with Crippen LogP contribution in [0.2, 0.25) is 5.02 Å². The Labute approximate surface area is 164 Å². The molecular weight excluding hydrogens is 377 g/mol. The number of fused-ring (bicyclic) bond motifs is 1. The van der Waals surface area contributed by atoms with Crippen molar-refractivity contribution in [1.29, 1.82) is 0 Å². The molecule has 0 spiro atoms. The summed E-state index contributed by atoms with van der Waals surface area (Å²) < 4.78 is 0.977. The van der Waals surface area contributed by atoms with E-state index in [9.17, 15) is 4.79 Å². The molecule has 25 heavy (non-hydrogen) atoms. The maximum absolute atomic E-state index is 12.9. The van der Waals surface area contributed by atoms with E-state index in [1.165, 1.54) is 11.3 Å². The van der Waals surface area contributed by atoms with Crippen LogP contribution in [0.4, 0.5) is 5.13 Å². The number of halogens is 2. The normalized spacial score (nSPS) is 14.4. The molecule has 0 aliphatic heterocycles. The standard InChI is InChI=1S/C18H24ClN3OS.ClH/c1-12-8-9-14(19)16-15(12)20-18(24-16)22(11-5-10-21(2)3)17(23)13-6-4-7-13;/h8-9,13H,4-7,10-11H2,1-3H3;1H. The number of hydrogen-bond donors (Lipinski definition) is 0. The van der Waals surface area contributed by atoms with Crippen molar-refractivity contribution in [2.45, 2.75) is 32.6 Å². The molecule has 1 heterocycles. The highest BCUT2D eigenvalue weighted by Gasteiger charge is 2.31. The van der Waals surface area contributed by atoms with Crippen molar-refractivity contribution in [3.8, 4) is 0 Å². The van der Waals surface area contributed by atoms with Gasteiger partial charge in [-0.2, -0.15) is 0 Å². The molecule has 0 radical (unpaired) electrons. The minimum absolute atomic E-state index is 0. The topological polar surface area (TPSA) is 36.4 Å². The third-order valence-electron chi connectivity index (χ3n) is 4.62. The Balaban J connectivity index is 0.00000225. The third-order valence-corrected chi connectivity index (χ3v) is 6.16. The van der Waals surface area contributed by atoms with Crippen LogP contribution in [-0.2, 0) is 4.79 Å². The SMILES string of the molecule is Cc1ccc(Cl)c2sc(N(CCCN(C)C)C(=O)C3CCC3)nc12.Cl. The molecule has 0 N–H and O–H groups in total. The summed E-state index contributed by atoms with van der Waals surface area (Å²) in [5.41, 5.74) is 2.02. The Morgan fingerprint density at radius 3 is 2.60 bits per heavy atom. The molecule has 1 aromatic heterocycles. The molecule has 0 saturated heterocycles. The molecule has 7 heteroatoms. The van der Waals surface area contributed by atoms with E-state index in [1.807, 2.05) is 24.0 Å². The van der Waals surface area contributed by atoms with Gasteiger partial charge >= 0.3 is 0 Å². The lowest BCUT2D eigenvalue weighted by molar-refractivity contribution is -0.124. The molecule has 1 aromatic carbocycles. The summed E-state index contributed by atoms with van der Waals surface area (Å²) in [6.45, 7) is 3.70. The number of benzene rings is 1. The van der Waals surface area contributed by atoms with Gasteiger partial charge in [-0.1, -0.05) is 35.4 Å². The predicted molar refractivity (Wildman–Crippen MR) is 109 cm³/mol. The predicted octanol–water partition coefficient (Wildman–Crippen LogP) is 4.76. The van der Waals surface area contributed by atoms with Gasteiger partial charge in [-0.05, 0) is 58.5 Å². The largest absolute Gasteiger partial charge is 0.309 e. The van der Waals surface area contributed by atoms with Crippen LogP contribution in [-0.4, -0.2) is 43.0 Å². The molecule has 0 bridgehead atoms. The molecule has 1 saturated carbocycles. The maximum Gasteiger partial charge on any atom is 0.231 e. The Hall–Kier alpha value is -0.880. The molecule has 1 fully saturated rings. The summed E-state index contributed by atoms with van der Waals surface area (Å²) >= 11 is 7.87. The van der Waals surface area contributed by atoms with Crippen LogP contribution < -0.4 is 4.90 Å². The molecular formula is C18H25Cl2N3OS. The average molecular weight is 402 g/mol. The first-order valence-electron chi connectivity index (χ1n) is 8.49. The number of rotatable bonds is 6. The van der Waals surface area contributed by atoms with Crippen LogP contribution in [0.5, 0.6) is 0 Å². The van der Waals surface area contributed by atoms with E-state index < -0.39 is 0 Å². The van der Waals surface area contributed by atoms with Crippen LogP contribution in [0, 0.1) is 12.8 Å². The second-order valence-electron chi connectivity index (χ2n) is 6.81. The van der Waals surface area contributed by atoms with Crippen molar-refractivity contribution < 1.29 is 4.79 Å². The fourth-order valence-corrected chi connectivity index (χ4v) is 4.27. The summed E-state index contributed by atoms with van der Waals surface area (Å²) in [5.74, 6) is 0.403. The molecule has 0 unspecified atom stereocenters. The van der Waals surface area contributed by atoms with Crippen molar-refractivity contribution >= 4 is 56.6 Å². The van der Waals surface area contributed by atoms with Gasteiger partial charge in [0.1, 0.15) is 0 Å². The molecule has 0 atom stereocenters. The van der Waals surface area contributed by atoms with Crippen molar-refractivity contribution in [2.24, 2.45) is 5.92 Å². The van der Waals surface area contributed by atoms with Gasteiger partial charge in [0.05, 0.1) is 15.2 Å². The van der Waals surface area contributed by atoms with Gasteiger partial charge in [0.25, 0.3) is 0 Å². The average Bonchev–Trinajstić information content (AvgIpc) is 2.91. The highest BCUT2D eigenvalue weighted by Crippen LogP contribution is 2.37. The monoisotopic (exact) mass is 401 g/mol. The fourth-order valence-electron chi connectivity index (χ4n) is 2.93. The highest BCUT2D eigenvalue weighted by atomic mass is 35.5. The smallest absolute Gasteiger partial charge is 0.231 e. The Bertz CT molecular complexity index is 704. The molecule has 1 aliphatic carbocycles. The van der Waals surface area contributed by atoms with E-state index in [0.29, 0.717) is 11.6 Å². The molecule has 3 rings (SSSR count). The van der Waals surface area contributed by atoms with Gasteiger partial charge in [-0.15, -0.1) is 12.4 Å². The van der Waals surface area contributed by atoms with Crippen LogP contribution in [0.1, 0.15) is 31.2 Å². The van der Waals surface area contributed by atoms with Crippen LogP contribution in [0.25, 0.3) is 10.2 Å². The van der Waals surface area contributed by atoms with Crippen molar-refractivity contribution in [3.05, 3.63) is 22.7 Å². The van der Waals surface area contributed by atoms with E-state index >= 15 is 0 Å². The first-order chi connectivity index (χ1) is 11.5. The lowest BCUT2D eigenvalue weighted by atomic mass is 9.84. The number of anilines is 1. The van der Waals surface area contributed by atoms with E-state index in [0.717, 1.165) is 53.1 Å². The zero-order valence-electron chi connectivity index (χ0n) is 14.9. The number of thiazole rings is 1. The van der Waals surface area contributed by atoms with Gasteiger partial charge in [-0.3, -0.25) is 9.69 Å². The van der Waals surface area contributed by atoms with Crippen molar-refractivity contribution in [2.75, 3.05) is 32.1 Å².